The zero-order chi connectivity index (χ0) is 22.1. The Kier molecular flexibility index (Phi) is 6.11. The number of Topliss-reactive ketones (excluding diaryl/α,β-unsaturated/α-hetero) is 1. The van der Waals surface area contributed by atoms with E-state index in [9.17, 15) is 9.59 Å². The summed E-state index contributed by atoms with van der Waals surface area (Å²) in [6.07, 6.45) is 1.76. The molecule has 0 unspecified atom stereocenters. The van der Waals surface area contributed by atoms with Gasteiger partial charge in [-0.1, -0.05) is 37.7 Å². The third kappa shape index (κ3) is 4.22. The van der Waals surface area contributed by atoms with Crippen LogP contribution in [0.2, 0.25) is 0 Å². The number of nitrogens with zero attached hydrogens (tertiary/aromatic N) is 4. The van der Waals surface area contributed by atoms with E-state index in [4.69, 9.17) is 4.98 Å². The van der Waals surface area contributed by atoms with Gasteiger partial charge in [0.2, 0.25) is 0 Å². The van der Waals surface area contributed by atoms with E-state index in [0.717, 1.165) is 16.5 Å². The van der Waals surface area contributed by atoms with Crippen LogP contribution in [-0.2, 0) is 6.54 Å². The lowest BCUT2D eigenvalue weighted by Crippen LogP contribution is -2.25. The van der Waals surface area contributed by atoms with Gasteiger partial charge in [0.15, 0.2) is 16.1 Å². The molecule has 1 aromatic carbocycles. The highest BCUT2D eigenvalue weighted by atomic mass is 32.2. The molecule has 0 spiro atoms. The molecule has 0 bridgehead atoms. The number of rotatable bonds is 7. The van der Waals surface area contributed by atoms with Crippen LogP contribution in [-0.4, -0.2) is 30.6 Å². The molecule has 0 atom stereocenters. The molecule has 160 valence electrons. The molecule has 0 radical (unpaired) electrons. The quantitative estimate of drug-likeness (QED) is 0.227. The lowest BCUT2D eigenvalue weighted by Gasteiger charge is -2.14. The number of hydrogen-bond donors (Lipinski definition) is 0. The summed E-state index contributed by atoms with van der Waals surface area (Å²) in [6.45, 7) is 8.61. The number of thioether (sulfide) groups is 1. The second kappa shape index (κ2) is 8.80. The topological polar surface area (TPSA) is 69.8 Å². The van der Waals surface area contributed by atoms with Gasteiger partial charge in [-0.25, -0.2) is 9.97 Å². The van der Waals surface area contributed by atoms with Crippen molar-refractivity contribution in [2.45, 2.75) is 39.4 Å². The average molecular weight is 453 g/mol. The molecule has 0 aliphatic rings. The minimum atomic E-state index is -0.0591. The maximum Gasteiger partial charge on any atom is 0.262 e. The van der Waals surface area contributed by atoms with Crippen LogP contribution in [0.15, 0.2) is 51.9 Å². The normalized spacial score (nSPS) is 11.5. The van der Waals surface area contributed by atoms with Crippen molar-refractivity contribution in [3.63, 3.8) is 0 Å². The van der Waals surface area contributed by atoms with E-state index in [1.807, 2.05) is 48.1 Å². The van der Waals surface area contributed by atoms with Gasteiger partial charge in [-0.05, 0) is 38.0 Å². The van der Waals surface area contributed by atoms with Crippen LogP contribution in [0.25, 0.3) is 16.0 Å². The number of thiazole rings is 1. The first-order valence-electron chi connectivity index (χ1n) is 10.1. The van der Waals surface area contributed by atoms with Crippen LogP contribution in [0, 0.1) is 19.8 Å². The number of aromatic nitrogens is 4. The van der Waals surface area contributed by atoms with E-state index in [2.05, 4.69) is 18.8 Å². The summed E-state index contributed by atoms with van der Waals surface area (Å²) in [7, 11) is 0. The molecule has 31 heavy (non-hydrogen) atoms. The Morgan fingerprint density at radius 1 is 1.23 bits per heavy atom. The fourth-order valence-corrected chi connectivity index (χ4v) is 5.30. The Balaban J connectivity index is 1.64. The van der Waals surface area contributed by atoms with E-state index in [0.29, 0.717) is 28.2 Å². The fourth-order valence-electron chi connectivity index (χ4n) is 3.66. The Bertz CT molecular complexity index is 1300. The summed E-state index contributed by atoms with van der Waals surface area (Å²) in [5, 5.41) is 3.96. The van der Waals surface area contributed by atoms with Crippen molar-refractivity contribution < 1.29 is 4.79 Å². The molecule has 3 heterocycles. The minimum Gasteiger partial charge on any atom is -0.294 e. The number of fused-ring (bicyclic) bond motifs is 1. The molecule has 3 aromatic heterocycles. The van der Waals surface area contributed by atoms with Gasteiger partial charge in [0.25, 0.3) is 5.56 Å². The minimum absolute atomic E-state index is 0.0133. The Morgan fingerprint density at radius 3 is 2.71 bits per heavy atom. The molecule has 4 aromatic rings. The van der Waals surface area contributed by atoms with E-state index < -0.39 is 0 Å². The highest BCUT2D eigenvalue weighted by Crippen LogP contribution is 2.25. The zero-order valence-corrected chi connectivity index (χ0v) is 19.6. The maximum absolute atomic E-state index is 13.1. The van der Waals surface area contributed by atoms with E-state index in [1.54, 1.807) is 16.8 Å². The molecule has 0 fully saturated rings. The number of aryl methyl sites for hydroxylation is 1. The largest absolute Gasteiger partial charge is 0.294 e. The Labute approximate surface area is 189 Å². The number of ketones is 1. The number of carbonyl (C=O) groups is 1. The number of carbonyl (C=O) groups excluding carboxylic acids is 1. The highest BCUT2D eigenvalue weighted by Gasteiger charge is 2.20. The summed E-state index contributed by atoms with van der Waals surface area (Å²) < 4.78 is 3.70. The van der Waals surface area contributed by atoms with Crippen LogP contribution in [0.1, 0.15) is 35.6 Å². The van der Waals surface area contributed by atoms with E-state index in [-0.39, 0.29) is 23.0 Å². The van der Waals surface area contributed by atoms with E-state index in [1.165, 1.54) is 23.1 Å². The number of hydrogen-bond acceptors (Lipinski definition) is 6. The molecule has 4 rings (SSSR count). The summed E-state index contributed by atoms with van der Waals surface area (Å²) in [6, 6.07) is 9.27. The fraction of sp³-hybridized carbons (Fsp3) is 0.304. The van der Waals surface area contributed by atoms with Crippen LogP contribution < -0.4 is 5.56 Å². The summed E-state index contributed by atoms with van der Waals surface area (Å²) in [5.41, 5.74) is 3.13. The molecule has 0 saturated carbocycles. The molecule has 0 aliphatic carbocycles. The van der Waals surface area contributed by atoms with Crippen molar-refractivity contribution in [1.29, 1.82) is 0 Å². The van der Waals surface area contributed by atoms with Crippen molar-refractivity contribution in [3.8, 4) is 5.13 Å². The standard InChI is InChI=1S/C23H24N4O2S2/c1-14(2)12-26-21(29)17-7-5-6-8-19(17)25-23(26)31-13-20(28)18-11-15(3)27(16(18)4)22-24-9-10-30-22/h5-11,14H,12-13H2,1-4H3. The smallest absolute Gasteiger partial charge is 0.262 e. The molecule has 0 amide bonds. The summed E-state index contributed by atoms with van der Waals surface area (Å²) >= 11 is 2.86. The van der Waals surface area contributed by atoms with Crippen LogP contribution in [0.3, 0.4) is 0 Å². The van der Waals surface area contributed by atoms with Crippen molar-refractivity contribution in [1.82, 2.24) is 19.1 Å². The second-order valence-electron chi connectivity index (χ2n) is 7.87. The monoisotopic (exact) mass is 452 g/mol. The predicted octanol–water partition coefficient (Wildman–Crippen LogP) is 4.89. The third-order valence-electron chi connectivity index (χ3n) is 5.05. The van der Waals surface area contributed by atoms with Gasteiger partial charge >= 0.3 is 0 Å². The SMILES string of the molecule is Cc1cc(C(=O)CSc2nc3ccccc3c(=O)n2CC(C)C)c(C)n1-c1nccs1. The molecule has 0 saturated heterocycles. The Morgan fingerprint density at radius 2 is 2.00 bits per heavy atom. The average Bonchev–Trinajstić information content (AvgIpc) is 3.36. The molecule has 0 N–H and O–H groups in total. The van der Waals surface area contributed by atoms with Crippen molar-refractivity contribution in [3.05, 3.63) is 69.2 Å². The van der Waals surface area contributed by atoms with Crippen molar-refractivity contribution in [2.24, 2.45) is 5.92 Å². The first kappa shape index (κ1) is 21.5. The van der Waals surface area contributed by atoms with Crippen LogP contribution in [0.4, 0.5) is 0 Å². The third-order valence-corrected chi connectivity index (χ3v) is 6.78. The van der Waals surface area contributed by atoms with Gasteiger partial charge in [-0.3, -0.25) is 18.7 Å². The summed E-state index contributed by atoms with van der Waals surface area (Å²) in [4.78, 5) is 35.2. The Hall–Kier alpha value is -2.71. The van der Waals surface area contributed by atoms with Gasteiger partial charge < -0.3 is 0 Å². The lowest BCUT2D eigenvalue weighted by atomic mass is 10.2. The lowest BCUT2D eigenvalue weighted by molar-refractivity contribution is 0.102. The first-order chi connectivity index (χ1) is 14.9. The van der Waals surface area contributed by atoms with Crippen LogP contribution in [0.5, 0.6) is 0 Å². The molecular formula is C23H24N4O2S2. The van der Waals surface area contributed by atoms with Gasteiger partial charge in [-0.2, -0.15) is 0 Å². The maximum atomic E-state index is 13.1. The van der Waals surface area contributed by atoms with Crippen LogP contribution >= 0.6 is 23.1 Å². The van der Waals surface area contributed by atoms with Crippen molar-refractivity contribution >= 4 is 39.8 Å². The molecule has 0 aliphatic heterocycles. The summed E-state index contributed by atoms with van der Waals surface area (Å²) in [5.74, 6) is 0.512. The van der Waals surface area contributed by atoms with Gasteiger partial charge in [-0.15, -0.1) is 11.3 Å². The molecule has 6 nitrogen and oxygen atoms in total. The van der Waals surface area contributed by atoms with Gasteiger partial charge in [0, 0.05) is 35.1 Å². The highest BCUT2D eigenvalue weighted by molar-refractivity contribution is 7.99. The zero-order valence-electron chi connectivity index (χ0n) is 18.0. The van der Waals surface area contributed by atoms with Gasteiger partial charge in [0.1, 0.15) is 0 Å². The predicted molar refractivity (Wildman–Crippen MR) is 127 cm³/mol. The number of benzene rings is 1. The molecular weight excluding hydrogens is 428 g/mol. The number of para-hydroxylation sites is 1. The first-order valence-corrected chi connectivity index (χ1v) is 12.0. The van der Waals surface area contributed by atoms with Gasteiger partial charge in [0.05, 0.1) is 16.7 Å². The molecule has 8 heteroatoms. The van der Waals surface area contributed by atoms with E-state index >= 15 is 0 Å². The second-order valence-corrected chi connectivity index (χ2v) is 9.68. The van der Waals surface area contributed by atoms with Crippen molar-refractivity contribution in [2.75, 3.05) is 5.75 Å².